The average Bonchev–Trinajstić information content (AvgIpc) is 3.18. The Morgan fingerprint density at radius 3 is 2.35 bits per heavy atom. The van der Waals surface area contributed by atoms with Gasteiger partial charge in [-0.2, -0.15) is 0 Å². The smallest absolute Gasteiger partial charge is 0.261 e. The van der Waals surface area contributed by atoms with Gasteiger partial charge in [0.05, 0.1) is 10.4 Å². The monoisotopic (exact) mass is 455 g/mol. The molecule has 2 aromatic carbocycles. The number of nitrogens with zero attached hydrogens (tertiary/aromatic N) is 2. The van der Waals surface area contributed by atoms with Gasteiger partial charge in [0.1, 0.15) is 4.90 Å². The van der Waals surface area contributed by atoms with Crippen LogP contribution in [-0.2, 0) is 26.5 Å². The first-order valence-electron chi connectivity index (χ1n) is 9.61. The second kappa shape index (κ2) is 8.26. The van der Waals surface area contributed by atoms with Crippen LogP contribution in [0.15, 0.2) is 88.9 Å². The minimum absolute atomic E-state index is 0.0684. The Bertz CT molecular complexity index is 1430. The largest absolute Gasteiger partial charge is 0.268 e. The Hall–Kier alpha value is -3.01. The van der Waals surface area contributed by atoms with E-state index < -0.39 is 20.0 Å². The third-order valence-corrected chi connectivity index (χ3v) is 8.12. The van der Waals surface area contributed by atoms with Crippen LogP contribution in [0.4, 0.5) is 0 Å². The predicted molar refractivity (Wildman–Crippen MR) is 119 cm³/mol. The summed E-state index contributed by atoms with van der Waals surface area (Å²) in [6.07, 6.45) is 3.25. The summed E-state index contributed by atoms with van der Waals surface area (Å²) in [6.45, 7) is 1.90. The van der Waals surface area contributed by atoms with E-state index >= 15 is 0 Å². The second-order valence-corrected chi connectivity index (χ2v) is 10.6. The predicted octanol–water partition coefficient (Wildman–Crippen LogP) is 3.10. The standard InChI is InChI=1S/C22H21N3O4S2/c1-17-8-7-12-20-22(17)21(16-25(20)31(28,29)19-10-3-2-4-11-19)30(26,27)24-15-13-18-9-5-6-14-23-18/h2-12,14,16,24H,13,15H2,1H3. The van der Waals surface area contributed by atoms with Crippen LogP contribution >= 0.6 is 0 Å². The highest BCUT2D eigenvalue weighted by atomic mass is 32.2. The maximum atomic E-state index is 13.2. The van der Waals surface area contributed by atoms with Gasteiger partial charge in [-0.15, -0.1) is 0 Å². The lowest BCUT2D eigenvalue weighted by Crippen LogP contribution is -2.26. The molecule has 7 nitrogen and oxygen atoms in total. The number of hydrogen-bond acceptors (Lipinski definition) is 5. The summed E-state index contributed by atoms with van der Waals surface area (Å²) in [6, 6.07) is 18.5. The number of aromatic nitrogens is 2. The molecule has 0 atom stereocenters. The van der Waals surface area contributed by atoms with Gasteiger partial charge in [0.15, 0.2) is 0 Å². The van der Waals surface area contributed by atoms with Crippen molar-refractivity contribution in [3.63, 3.8) is 0 Å². The van der Waals surface area contributed by atoms with Crippen LogP contribution in [0.2, 0.25) is 0 Å². The van der Waals surface area contributed by atoms with E-state index in [1.54, 1.807) is 55.6 Å². The Labute approximate surface area is 181 Å². The van der Waals surface area contributed by atoms with E-state index in [0.717, 1.165) is 9.67 Å². The fourth-order valence-electron chi connectivity index (χ4n) is 3.44. The Morgan fingerprint density at radius 2 is 1.65 bits per heavy atom. The second-order valence-electron chi connectivity index (χ2n) is 7.05. The van der Waals surface area contributed by atoms with Crippen LogP contribution in [-0.4, -0.2) is 32.3 Å². The molecular formula is C22H21N3O4S2. The van der Waals surface area contributed by atoms with E-state index in [1.807, 2.05) is 12.1 Å². The van der Waals surface area contributed by atoms with Gasteiger partial charge in [0.2, 0.25) is 10.0 Å². The van der Waals surface area contributed by atoms with Crippen LogP contribution in [0, 0.1) is 6.92 Å². The maximum absolute atomic E-state index is 13.2. The fourth-order valence-corrected chi connectivity index (χ4v) is 6.20. The van der Waals surface area contributed by atoms with Gasteiger partial charge in [-0.3, -0.25) is 4.98 Å². The molecule has 0 fully saturated rings. The van der Waals surface area contributed by atoms with Crippen LogP contribution in [0.3, 0.4) is 0 Å². The highest BCUT2D eigenvalue weighted by molar-refractivity contribution is 7.91. The molecular weight excluding hydrogens is 434 g/mol. The molecule has 4 aromatic rings. The number of pyridine rings is 1. The van der Waals surface area contributed by atoms with Gasteiger partial charge < -0.3 is 0 Å². The lowest BCUT2D eigenvalue weighted by molar-refractivity contribution is 0.582. The molecule has 0 bridgehead atoms. The average molecular weight is 456 g/mol. The molecule has 0 spiro atoms. The van der Waals surface area contributed by atoms with Crippen molar-refractivity contribution in [2.75, 3.05) is 6.54 Å². The Morgan fingerprint density at radius 1 is 0.903 bits per heavy atom. The minimum Gasteiger partial charge on any atom is -0.261 e. The number of nitrogens with one attached hydrogen (secondary N) is 1. The summed E-state index contributed by atoms with van der Waals surface area (Å²) in [5.41, 5.74) is 1.74. The van der Waals surface area contributed by atoms with Gasteiger partial charge in [0, 0.05) is 36.4 Å². The third kappa shape index (κ3) is 4.12. The molecule has 2 heterocycles. The molecule has 31 heavy (non-hydrogen) atoms. The van der Waals surface area contributed by atoms with E-state index in [4.69, 9.17) is 0 Å². The summed E-state index contributed by atoms with van der Waals surface area (Å²) < 4.78 is 56.3. The molecule has 0 saturated heterocycles. The number of hydrogen-bond donors (Lipinski definition) is 1. The summed E-state index contributed by atoms with van der Waals surface area (Å²) in [5, 5.41) is 0.382. The minimum atomic E-state index is -3.97. The van der Waals surface area contributed by atoms with Gasteiger partial charge in [-0.05, 0) is 42.8 Å². The van der Waals surface area contributed by atoms with E-state index in [-0.39, 0.29) is 16.3 Å². The van der Waals surface area contributed by atoms with Crippen molar-refractivity contribution in [2.24, 2.45) is 0 Å². The molecule has 4 rings (SSSR count). The quantitative estimate of drug-likeness (QED) is 0.462. The van der Waals surface area contributed by atoms with Crippen molar-refractivity contribution in [3.05, 3.63) is 90.4 Å². The summed E-state index contributed by atoms with van der Waals surface area (Å²) >= 11 is 0. The normalized spacial score (nSPS) is 12.3. The summed E-state index contributed by atoms with van der Waals surface area (Å²) in [7, 11) is -7.94. The van der Waals surface area contributed by atoms with Crippen molar-refractivity contribution < 1.29 is 16.8 Å². The van der Waals surface area contributed by atoms with E-state index in [1.165, 1.54) is 18.3 Å². The fraction of sp³-hybridized carbons (Fsp3) is 0.136. The maximum Gasteiger partial charge on any atom is 0.268 e. The number of rotatable bonds is 7. The van der Waals surface area contributed by atoms with Crippen molar-refractivity contribution >= 4 is 30.9 Å². The van der Waals surface area contributed by atoms with Gasteiger partial charge in [0.25, 0.3) is 10.0 Å². The highest BCUT2D eigenvalue weighted by Crippen LogP contribution is 2.31. The van der Waals surface area contributed by atoms with Crippen molar-refractivity contribution in [3.8, 4) is 0 Å². The number of benzene rings is 2. The Kier molecular flexibility index (Phi) is 5.65. The molecule has 0 aliphatic carbocycles. The van der Waals surface area contributed by atoms with E-state index in [9.17, 15) is 16.8 Å². The molecule has 160 valence electrons. The molecule has 0 unspecified atom stereocenters. The van der Waals surface area contributed by atoms with Crippen LogP contribution in [0.1, 0.15) is 11.3 Å². The lowest BCUT2D eigenvalue weighted by Gasteiger charge is -2.07. The molecule has 9 heteroatoms. The SMILES string of the molecule is Cc1cccc2c1c(S(=O)(=O)NCCc1ccccn1)cn2S(=O)(=O)c1ccccc1. The lowest BCUT2D eigenvalue weighted by atomic mass is 10.1. The van der Waals surface area contributed by atoms with Crippen LogP contribution in [0.5, 0.6) is 0 Å². The zero-order chi connectivity index (χ0) is 22.1. The summed E-state index contributed by atoms with van der Waals surface area (Å²) in [5.74, 6) is 0. The first kappa shape index (κ1) is 21.2. The van der Waals surface area contributed by atoms with Gasteiger partial charge in [-0.25, -0.2) is 25.5 Å². The number of aryl methyl sites for hydroxylation is 1. The van der Waals surface area contributed by atoms with Crippen molar-refractivity contribution in [2.45, 2.75) is 23.1 Å². The van der Waals surface area contributed by atoms with E-state index in [0.29, 0.717) is 22.9 Å². The highest BCUT2D eigenvalue weighted by Gasteiger charge is 2.27. The molecule has 0 aliphatic rings. The first-order valence-corrected chi connectivity index (χ1v) is 12.5. The molecule has 0 saturated carbocycles. The third-order valence-electron chi connectivity index (χ3n) is 4.96. The topological polar surface area (TPSA) is 98.1 Å². The van der Waals surface area contributed by atoms with Crippen LogP contribution in [0.25, 0.3) is 10.9 Å². The molecule has 2 aromatic heterocycles. The molecule has 0 aliphatic heterocycles. The van der Waals surface area contributed by atoms with E-state index in [2.05, 4.69) is 9.71 Å². The Balaban J connectivity index is 1.76. The van der Waals surface area contributed by atoms with Crippen molar-refractivity contribution in [1.82, 2.24) is 13.7 Å². The zero-order valence-corrected chi connectivity index (χ0v) is 18.4. The zero-order valence-electron chi connectivity index (χ0n) is 16.8. The first-order chi connectivity index (χ1) is 14.8. The molecule has 0 amide bonds. The van der Waals surface area contributed by atoms with Gasteiger partial charge >= 0.3 is 0 Å². The van der Waals surface area contributed by atoms with Crippen LogP contribution < -0.4 is 4.72 Å². The molecule has 1 N–H and O–H groups in total. The number of fused-ring (bicyclic) bond motifs is 1. The number of sulfonamides is 1. The van der Waals surface area contributed by atoms with Crippen molar-refractivity contribution in [1.29, 1.82) is 0 Å². The van der Waals surface area contributed by atoms with Gasteiger partial charge in [-0.1, -0.05) is 36.4 Å². The summed E-state index contributed by atoms with van der Waals surface area (Å²) in [4.78, 5) is 4.20. The molecule has 0 radical (unpaired) electrons.